The summed E-state index contributed by atoms with van der Waals surface area (Å²) < 4.78 is 7.38. The van der Waals surface area contributed by atoms with Crippen LogP contribution in [0.25, 0.3) is 27.3 Å². The zero-order valence-electron chi connectivity index (χ0n) is 17.6. The van der Waals surface area contributed by atoms with Crippen molar-refractivity contribution >= 4 is 33.0 Å². The summed E-state index contributed by atoms with van der Waals surface area (Å²) in [4.78, 5) is 17.9. The highest BCUT2D eigenvalue weighted by atomic mass is 16.5. The molecule has 2 heterocycles. The molecule has 0 aliphatic heterocycles. The van der Waals surface area contributed by atoms with E-state index in [4.69, 9.17) is 9.84 Å². The van der Waals surface area contributed by atoms with Crippen molar-refractivity contribution in [1.82, 2.24) is 14.7 Å². The van der Waals surface area contributed by atoms with Crippen LogP contribution in [0.15, 0.2) is 35.1 Å². The van der Waals surface area contributed by atoms with Gasteiger partial charge in [-0.1, -0.05) is 0 Å². The topological polar surface area (TPSA) is 108 Å². The smallest absolute Gasteiger partial charge is 0.199 e. The molecule has 0 saturated heterocycles. The number of aryl methyl sites for hydroxylation is 1. The summed E-state index contributed by atoms with van der Waals surface area (Å²) in [6.07, 6.45) is 1.55. The number of rotatable bonds is 11. The van der Waals surface area contributed by atoms with Crippen LogP contribution in [0.3, 0.4) is 0 Å². The van der Waals surface area contributed by atoms with Gasteiger partial charge in [0.05, 0.1) is 33.9 Å². The van der Waals surface area contributed by atoms with Gasteiger partial charge in [0.25, 0.3) is 0 Å². The monoisotopic (exact) mass is 424 g/mol. The molecule has 0 unspecified atom stereocenters. The molecule has 2 aromatic heterocycles. The summed E-state index contributed by atoms with van der Waals surface area (Å²) >= 11 is 0. The van der Waals surface area contributed by atoms with Gasteiger partial charge in [-0.2, -0.15) is 0 Å². The summed E-state index contributed by atoms with van der Waals surface area (Å²) in [6.45, 7) is 5.58. The van der Waals surface area contributed by atoms with Crippen LogP contribution in [0.5, 0.6) is 5.75 Å². The number of imidazole rings is 1. The number of ether oxygens (including phenoxy) is 1. The van der Waals surface area contributed by atoms with Gasteiger partial charge in [-0.3, -0.25) is 9.20 Å². The highest BCUT2D eigenvalue weighted by Crippen LogP contribution is 2.30. The Balaban J connectivity index is 1.49. The Labute approximate surface area is 179 Å². The summed E-state index contributed by atoms with van der Waals surface area (Å²) in [5.74, 6) is 0.875. The first-order valence-electron chi connectivity index (χ1n) is 10.6. The maximum Gasteiger partial charge on any atom is 0.199 e. The van der Waals surface area contributed by atoms with Crippen molar-refractivity contribution < 1.29 is 14.9 Å². The molecule has 2 aromatic carbocycles. The maximum absolute atomic E-state index is 13.3. The molecule has 4 aromatic rings. The van der Waals surface area contributed by atoms with Crippen LogP contribution in [0.4, 0.5) is 5.69 Å². The van der Waals surface area contributed by atoms with Gasteiger partial charge < -0.3 is 25.6 Å². The number of phenolic OH excluding ortho intramolecular Hbond substituents is 1. The molecule has 0 fully saturated rings. The third-order valence-electron chi connectivity index (χ3n) is 5.39. The van der Waals surface area contributed by atoms with Gasteiger partial charge in [-0.15, -0.1) is 0 Å². The number of aromatic hydroxyl groups is 1. The Kier molecular flexibility index (Phi) is 6.50. The van der Waals surface area contributed by atoms with Crippen LogP contribution in [-0.2, 0) is 4.74 Å². The number of hydrogen-bond donors (Lipinski definition) is 4. The lowest BCUT2D eigenvalue weighted by molar-refractivity contribution is 0.118. The second kappa shape index (κ2) is 9.47. The Hall–Kier alpha value is -2.94. The van der Waals surface area contributed by atoms with E-state index in [-0.39, 0.29) is 17.8 Å². The molecule has 164 valence electrons. The van der Waals surface area contributed by atoms with E-state index in [0.717, 1.165) is 47.6 Å². The highest BCUT2D eigenvalue weighted by molar-refractivity contribution is 6.07. The van der Waals surface area contributed by atoms with Gasteiger partial charge in [-0.05, 0) is 56.6 Å². The number of pyridine rings is 1. The minimum atomic E-state index is -0.107. The fourth-order valence-electron chi connectivity index (χ4n) is 3.96. The predicted octanol–water partition coefficient (Wildman–Crippen LogP) is 2.24. The van der Waals surface area contributed by atoms with E-state index in [1.807, 2.05) is 23.5 Å². The van der Waals surface area contributed by atoms with Crippen LogP contribution in [0, 0.1) is 6.92 Å². The summed E-state index contributed by atoms with van der Waals surface area (Å²) in [7, 11) is 0. The summed E-state index contributed by atoms with van der Waals surface area (Å²) in [5.41, 5.74) is 3.01. The van der Waals surface area contributed by atoms with Crippen molar-refractivity contribution in [3.63, 3.8) is 0 Å². The van der Waals surface area contributed by atoms with Gasteiger partial charge in [-0.25, -0.2) is 4.98 Å². The second-order valence-corrected chi connectivity index (χ2v) is 7.60. The minimum absolute atomic E-state index is 0.0708. The van der Waals surface area contributed by atoms with E-state index in [9.17, 15) is 9.90 Å². The first kappa shape index (κ1) is 21.3. The van der Waals surface area contributed by atoms with Crippen molar-refractivity contribution in [1.29, 1.82) is 0 Å². The average molecular weight is 425 g/mol. The number of benzene rings is 2. The molecular formula is C23H28N4O4. The average Bonchev–Trinajstić information content (AvgIpc) is 3.10. The quantitative estimate of drug-likeness (QED) is 0.216. The van der Waals surface area contributed by atoms with E-state index in [1.165, 1.54) is 6.07 Å². The zero-order valence-corrected chi connectivity index (χ0v) is 17.6. The first-order valence-corrected chi connectivity index (χ1v) is 10.6. The first-order chi connectivity index (χ1) is 15.1. The summed E-state index contributed by atoms with van der Waals surface area (Å²) in [5, 5.41) is 26.4. The number of nitrogens with one attached hydrogen (secondary N) is 2. The maximum atomic E-state index is 13.3. The Morgan fingerprint density at radius 1 is 1.10 bits per heavy atom. The standard InChI is InChI=1S/C23H28N4O4/c1-15-26-19-6-5-18(25-9-2-8-24-10-13-31-12-3-11-28)21-22(19)27(15)20-7-4-16(29)14-17(20)23(21)30/h4-7,14,24-25,28-29H,2-3,8-13H2,1H3. The van der Waals surface area contributed by atoms with Gasteiger partial charge >= 0.3 is 0 Å². The molecule has 0 amide bonds. The Bertz CT molecular complexity index is 1240. The molecule has 8 heteroatoms. The Morgan fingerprint density at radius 3 is 2.81 bits per heavy atom. The van der Waals surface area contributed by atoms with E-state index < -0.39 is 0 Å². The number of nitrogens with zero attached hydrogens (tertiary/aromatic N) is 2. The fraction of sp³-hybridized carbons (Fsp3) is 0.391. The molecular weight excluding hydrogens is 396 g/mol. The van der Waals surface area contributed by atoms with Gasteiger partial charge in [0.15, 0.2) is 5.43 Å². The normalized spacial score (nSPS) is 11.8. The van der Waals surface area contributed by atoms with Crippen LogP contribution in [-0.4, -0.2) is 59.1 Å². The van der Waals surface area contributed by atoms with Crippen molar-refractivity contribution in [3.8, 4) is 5.75 Å². The Morgan fingerprint density at radius 2 is 1.97 bits per heavy atom. The lowest BCUT2D eigenvalue weighted by atomic mass is 10.1. The fourth-order valence-corrected chi connectivity index (χ4v) is 3.96. The molecule has 8 nitrogen and oxygen atoms in total. The second-order valence-electron chi connectivity index (χ2n) is 7.60. The molecule has 0 bridgehead atoms. The zero-order chi connectivity index (χ0) is 21.8. The lowest BCUT2D eigenvalue weighted by Gasteiger charge is -2.12. The number of phenols is 1. The predicted molar refractivity (Wildman–Crippen MR) is 123 cm³/mol. The molecule has 0 aliphatic carbocycles. The number of hydrogen-bond acceptors (Lipinski definition) is 7. The van der Waals surface area contributed by atoms with Gasteiger partial charge in [0.1, 0.15) is 11.6 Å². The number of aliphatic hydroxyl groups is 1. The molecule has 0 aliphatic rings. The van der Waals surface area contributed by atoms with E-state index in [1.54, 1.807) is 12.1 Å². The lowest BCUT2D eigenvalue weighted by Crippen LogP contribution is -2.23. The number of aromatic nitrogens is 2. The van der Waals surface area contributed by atoms with Crippen LogP contribution in [0.2, 0.25) is 0 Å². The molecule has 0 radical (unpaired) electrons. The van der Waals surface area contributed by atoms with E-state index >= 15 is 0 Å². The van der Waals surface area contributed by atoms with Crippen molar-refractivity contribution in [3.05, 3.63) is 46.4 Å². The van der Waals surface area contributed by atoms with Crippen molar-refractivity contribution in [2.75, 3.05) is 44.8 Å². The molecule has 0 atom stereocenters. The molecule has 0 spiro atoms. The third kappa shape index (κ3) is 4.27. The van der Waals surface area contributed by atoms with Crippen LogP contribution in [0.1, 0.15) is 18.7 Å². The van der Waals surface area contributed by atoms with Gasteiger partial charge in [0, 0.05) is 32.0 Å². The number of anilines is 1. The van der Waals surface area contributed by atoms with Crippen LogP contribution >= 0.6 is 0 Å². The largest absolute Gasteiger partial charge is 0.508 e. The molecule has 31 heavy (non-hydrogen) atoms. The highest BCUT2D eigenvalue weighted by Gasteiger charge is 2.18. The molecule has 0 saturated carbocycles. The number of fused-ring (bicyclic) bond motifs is 2. The van der Waals surface area contributed by atoms with Crippen molar-refractivity contribution in [2.45, 2.75) is 19.8 Å². The van der Waals surface area contributed by atoms with Crippen molar-refractivity contribution in [2.24, 2.45) is 0 Å². The molecule has 4 N–H and O–H groups in total. The summed E-state index contributed by atoms with van der Waals surface area (Å²) in [6, 6.07) is 8.72. The van der Waals surface area contributed by atoms with E-state index in [0.29, 0.717) is 37.0 Å². The number of aliphatic hydroxyl groups excluding tert-OH is 1. The van der Waals surface area contributed by atoms with Gasteiger partial charge in [0.2, 0.25) is 0 Å². The SMILES string of the molecule is Cc1nc2ccc(NCCCNCCOCCCO)c3c(=O)c4cc(O)ccc4n1c23. The van der Waals surface area contributed by atoms with E-state index in [2.05, 4.69) is 15.6 Å². The van der Waals surface area contributed by atoms with Crippen LogP contribution < -0.4 is 16.1 Å². The molecule has 4 rings (SSSR count). The third-order valence-corrected chi connectivity index (χ3v) is 5.39. The minimum Gasteiger partial charge on any atom is -0.508 e.